The van der Waals surface area contributed by atoms with Gasteiger partial charge in [-0.3, -0.25) is 6.58 Å². The first-order valence-electron chi connectivity index (χ1n) is 3.11. The summed E-state index contributed by atoms with van der Waals surface area (Å²) in [6.07, 6.45) is 2.26. The van der Waals surface area contributed by atoms with Gasteiger partial charge in [-0.2, -0.15) is 0 Å². The van der Waals surface area contributed by atoms with Crippen molar-refractivity contribution < 1.29 is 26.5 Å². The number of hydrogen-bond acceptors (Lipinski definition) is 2. The fraction of sp³-hybridized carbons (Fsp3) is 0.714. The maximum Gasteiger partial charge on any atom is 1.00 e. The normalized spacial score (nSPS) is 9.10. The maximum absolute atomic E-state index is 5.04. The van der Waals surface area contributed by atoms with Crippen molar-refractivity contribution in [3.63, 3.8) is 0 Å². The van der Waals surface area contributed by atoms with E-state index in [0.29, 0.717) is 13.2 Å². The molecule has 0 bridgehead atoms. The van der Waals surface area contributed by atoms with Gasteiger partial charge < -0.3 is 15.5 Å². The molecular formula is C7H13CuO2. The third kappa shape index (κ3) is 6.30. The predicted octanol–water partition coefficient (Wildman–Crippen LogP) is 1.37. The molecule has 0 aromatic carbocycles. The molecule has 0 spiro atoms. The summed E-state index contributed by atoms with van der Waals surface area (Å²) in [4.78, 5) is 0. The summed E-state index contributed by atoms with van der Waals surface area (Å²) in [6.45, 7) is 8.50. The van der Waals surface area contributed by atoms with E-state index in [2.05, 4.69) is 12.7 Å². The van der Waals surface area contributed by atoms with E-state index in [9.17, 15) is 0 Å². The Kier molecular flexibility index (Phi) is 11.8. The van der Waals surface area contributed by atoms with Crippen LogP contribution in [0.1, 0.15) is 13.8 Å². The third-order valence-electron chi connectivity index (χ3n) is 0.803. The first-order valence-corrected chi connectivity index (χ1v) is 3.11. The largest absolute Gasteiger partial charge is 1.00 e. The molecule has 64 valence electrons. The summed E-state index contributed by atoms with van der Waals surface area (Å²) in [5.74, 6) is 0. The van der Waals surface area contributed by atoms with Crippen LogP contribution in [0.3, 0.4) is 0 Å². The van der Waals surface area contributed by atoms with Crippen LogP contribution in [0.5, 0.6) is 0 Å². The molecule has 10 heavy (non-hydrogen) atoms. The van der Waals surface area contributed by atoms with E-state index in [4.69, 9.17) is 9.47 Å². The van der Waals surface area contributed by atoms with Crippen molar-refractivity contribution in [3.8, 4) is 0 Å². The van der Waals surface area contributed by atoms with Crippen LogP contribution in [0, 0.1) is 6.08 Å². The molecule has 0 N–H and O–H groups in total. The Morgan fingerprint density at radius 2 is 1.70 bits per heavy atom. The van der Waals surface area contributed by atoms with Crippen molar-refractivity contribution in [2.45, 2.75) is 20.1 Å². The van der Waals surface area contributed by atoms with E-state index in [-0.39, 0.29) is 23.4 Å². The second-order valence-electron chi connectivity index (χ2n) is 1.45. The molecule has 0 aliphatic heterocycles. The second kappa shape index (κ2) is 9.18. The van der Waals surface area contributed by atoms with Crippen LogP contribution in [-0.2, 0) is 26.5 Å². The molecule has 0 radical (unpaired) electrons. The van der Waals surface area contributed by atoms with Gasteiger partial charge in [-0.25, -0.2) is 0 Å². The standard InChI is InChI=1S/C7H13O2.Cu/c1-4-7(8-5-2)9-6-3;/h7H,1,5-6H2,2-3H3;/q-1;+1. The minimum Gasteiger partial charge on any atom is -0.446 e. The second-order valence-corrected chi connectivity index (χ2v) is 1.45. The van der Waals surface area contributed by atoms with Gasteiger partial charge in [0.2, 0.25) is 0 Å². The average molecular weight is 193 g/mol. The summed E-state index contributed by atoms with van der Waals surface area (Å²) in [6, 6.07) is 0. The van der Waals surface area contributed by atoms with Crippen LogP contribution in [0.15, 0.2) is 6.58 Å². The van der Waals surface area contributed by atoms with E-state index >= 15 is 0 Å². The van der Waals surface area contributed by atoms with Gasteiger partial charge in [0.25, 0.3) is 0 Å². The van der Waals surface area contributed by atoms with E-state index in [0.717, 1.165) is 0 Å². The van der Waals surface area contributed by atoms with Crippen LogP contribution >= 0.6 is 0 Å². The van der Waals surface area contributed by atoms with Gasteiger partial charge in [-0.1, -0.05) is 0 Å². The van der Waals surface area contributed by atoms with Crippen molar-refractivity contribution in [2.24, 2.45) is 0 Å². The molecule has 2 nitrogen and oxygen atoms in total. The van der Waals surface area contributed by atoms with Crippen LogP contribution in [0.2, 0.25) is 0 Å². The summed E-state index contributed by atoms with van der Waals surface area (Å²) < 4.78 is 10.1. The summed E-state index contributed by atoms with van der Waals surface area (Å²) in [5.41, 5.74) is 0. The van der Waals surface area contributed by atoms with Gasteiger partial charge in [0.15, 0.2) is 0 Å². The maximum atomic E-state index is 5.04. The average Bonchev–Trinajstić information content (AvgIpc) is 1.88. The quantitative estimate of drug-likeness (QED) is 0.372. The van der Waals surface area contributed by atoms with E-state index < -0.39 is 0 Å². The zero-order chi connectivity index (χ0) is 7.11. The topological polar surface area (TPSA) is 18.5 Å². The summed E-state index contributed by atoms with van der Waals surface area (Å²) >= 11 is 0. The summed E-state index contributed by atoms with van der Waals surface area (Å²) in [5, 5.41) is 0. The van der Waals surface area contributed by atoms with E-state index in [1.54, 1.807) is 0 Å². The van der Waals surface area contributed by atoms with Crippen LogP contribution in [0.4, 0.5) is 0 Å². The Labute approximate surface area is 73.1 Å². The van der Waals surface area contributed by atoms with Crippen LogP contribution < -0.4 is 0 Å². The first-order chi connectivity index (χ1) is 4.35. The van der Waals surface area contributed by atoms with Gasteiger partial charge in [0.1, 0.15) is 0 Å². The number of ether oxygens (including phenoxy) is 2. The Bertz CT molecular complexity index is 70.0. The smallest absolute Gasteiger partial charge is 0.446 e. The summed E-state index contributed by atoms with van der Waals surface area (Å²) in [7, 11) is 0. The van der Waals surface area contributed by atoms with Crippen molar-refractivity contribution >= 4 is 0 Å². The molecule has 0 saturated heterocycles. The first kappa shape index (κ1) is 12.8. The molecule has 0 fully saturated rings. The zero-order valence-electron chi connectivity index (χ0n) is 6.32. The van der Waals surface area contributed by atoms with Gasteiger partial charge in [0.05, 0.1) is 0 Å². The zero-order valence-corrected chi connectivity index (χ0v) is 7.26. The fourth-order valence-electron chi connectivity index (χ4n) is 0.469. The molecule has 0 unspecified atom stereocenters. The number of rotatable bonds is 5. The van der Waals surface area contributed by atoms with E-state index in [1.807, 2.05) is 13.8 Å². The van der Waals surface area contributed by atoms with Crippen LogP contribution in [-0.4, -0.2) is 19.5 Å². The van der Waals surface area contributed by atoms with E-state index in [1.165, 1.54) is 0 Å². The van der Waals surface area contributed by atoms with Crippen molar-refractivity contribution in [3.05, 3.63) is 12.7 Å². The molecule has 0 saturated carbocycles. The van der Waals surface area contributed by atoms with Crippen molar-refractivity contribution in [1.82, 2.24) is 0 Å². The minimum absolute atomic E-state index is 0. The van der Waals surface area contributed by atoms with Crippen molar-refractivity contribution in [1.29, 1.82) is 0 Å². The predicted molar refractivity (Wildman–Crippen MR) is 35.9 cm³/mol. The molecule has 0 heterocycles. The molecule has 0 aliphatic rings. The SMILES string of the molecule is C=[C-]C(OCC)OCC.[Cu+]. The van der Waals surface area contributed by atoms with Gasteiger partial charge in [-0.15, -0.1) is 0 Å². The monoisotopic (exact) mass is 192 g/mol. The third-order valence-corrected chi connectivity index (χ3v) is 0.803. The molecule has 0 amide bonds. The van der Waals surface area contributed by atoms with Gasteiger partial charge in [0, 0.05) is 19.5 Å². The Morgan fingerprint density at radius 3 is 1.90 bits per heavy atom. The molecular weight excluding hydrogens is 180 g/mol. The molecule has 0 rings (SSSR count). The number of hydrogen-bond donors (Lipinski definition) is 0. The Hall–Kier alpha value is 0.179. The molecule has 0 aromatic rings. The van der Waals surface area contributed by atoms with Gasteiger partial charge >= 0.3 is 17.1 Å². The van der Waals surface area contributed by atoms with Crippen LogP contribution in [0.25, 0.3) is 0 Å². The molecule has 0 aromatic heterocycles. The Balaban J connectivity index is 0. The molecule has 0 aliphatic carbocycles. The Morgan fingerprint density at radius 1 is 1.30 bits per heavy atom. The van der Waals surface area contributed by atoms with Crippen molar-refractivity contribution in [2.75, 3.05) is 13.2 Å². The molecule has 3 heteroatoms. The minimum atomic E-state index is -0.347. The fourth-order valence-corrected chi connectivity index (χ4v) is 0.469. The van der Waals surface area contributed by atoms with Gasteiger partial charge in [-0.05, 0) is 13.8 Å². The molecule has 0 atom stereocenters.